The van der Waals surface area contributed by atoms with Crippen molar-refractivity contribution in [2.45, 2.75) is 17.1 Å². The first kappa shape index (κ1) is 29.1. The van der Waals surface area contributed by atoms with Crippen LogP contribution >= 0.6 is 11.8 Å². The van der Waals surface area contributed by atoms with Crippen molar-refractivity contribution in [2.75, 3.05) is 10.6 Å². The number of anilines is 2. The topological polar surface area (TPSA) is 128 Å². The Bertz CT molecular complexity index is 1850. The number of rotatable bonds is 9. The molecule has 5 rings (SSSR count). The average Bonchev–Trinajstić information content (AvgIpc) is 3.24. The molecule has 1 atom stereocenters. The van der Waals surface area contributed by atoms with E-state index in [0.29, 0.717) is 17.1 Å². The Balaban J connectivity index is 1.36. The molecule has 0 bridgehead atoms. The molecular formula is C32H27N5O5S. The molecule has 11 heteroatoms. The van der Waals surface area contributed by atoms with Gasteiger partial charge in [-0.2, -0.15) is 0 Å². The predicted molar refractivity (Wildman–Crippen MR) is 167 cm³/mol. The first-order valence-electron chi connectivity index (χ1n) is 13.3. The minimum Gasteiger partial charge on any atom is -0.322 e. The van der Waals surface area contributed by atoms with E-state index in [9.17, 15) is 24.5 Å². The van der Waals surface area contributed by atoms with E-state index in [1.165, 1.54) is 40.7 Å². The molecule has 0 aliphatic rings. The molecule has 0 saturated carbocycles. The molecule has 1 heterocycles. The van der Waals surface area contributed by atoms with E-state index in [1.54, 1.807) is 42.9 Å². The molecule has 43 heavy (non-hydrogen) atoms. The second-order valence-corrected chi connectivity index (χ2v) is 10.8. The first-order valence-corrected chi connectivity index (χ1v) is 14.1. The number of carbonyl (C=O) groups excluding carboxylic acids is 2. The summed E-state index contributed by atoms with van der Waals surface area (Å²) in [5.74, 6) is -0.838. The summed E-state index contributed by atoms with van der Waals surface area (Å²) in [4.78, 5) is 51.0. The first-order chi connectivity index (χ1) is 20.7. The van der Waals surface area contributed by atoms with Crippen LogP contribution in [0, 0.1) is 17.0 Å². The number of benzene rings is 4. The summed E-state index contributed by atoms with van der Waals surface area (Å²) in [6.07, 6.45) is 0. The van der Waals surface area contributed by atoms with E-state index < -0.39 is 16.1 Å². The molecule has 0 aliphatic heterocycles. The SMILES string of the molecule is Cc1c(NC(=O)C(Sc2ccc(NC(=O)c3cccc([N+](=O)[O-])c3)cc2)c2ccccc2)c(=O)n(-c2ccccc2)n1C. The molecule has 216 valence electrons. The third-order valence-electron chi connectivity index (χ3n) is 6.83. The molecular weight excluding hydrogens is 566 g/mol. The van der Waals surface area contributed by atoms with Gasteiger partial charge in [-0.05, 0) is 55.0 Å². The van der Waals surface area contributed by atoms with Crippen molar-refractivity contribution in [3.63, 3.8) is 0 Å². The van der Waals surface area contributed by atoms with Crippen molar-refractivity contribution in [2.24, 2.45) is 7.05 Å². The Morgan fingerprint density at radius 1 is 0.860 bits per heavy atom. The number of thioether (sulfide) groups is 1. The molecule has 1 aromatic heterocycles. The number of nitrogens with one attached hydrogen (secondary N) is 2. The largest absolute Gasteiger partial charge is 0.322 e. The second kappa shape index (κ2) is 12.6. The van der Waals surface area contributed by atoms with Crippen molar-refractivity contribution in [3.05, 3.63) is 146 Å². The normalized spacial score (nSPS) is 11.5. The number of nitro groups is 1. The van der Waals surface area contributed by atoms with Gasteiger partial charge < -0.3 is 10.6 Å². The number of amides is 2. The monoisotopic (exact) mass is 593 g/mol. The molecule has 0 aliphatic carbocycles. The third-order valence-corrected chi connectivity index (χ3v) is 8.09. The zero-order chi connectivity index (χ0) is 30.5. The fourth-order valence-electron chi connectivity index (χ4n) is 4.52. The highest BCUT2D eigenvalue weighted by Crippen LogP contribution is 2.37. The molecule has 4 aromatic carbocycles. The predicted octanol–water partition coefficient (Wildman–Crippen LogP) is 6.12. The molecule has 0 saturated heterocycles. The van der Waals surface area contributed by atoms with E-state index >= 15 is 0 Å². The Kier molecular flexibility index (Phi) is 8.54. The van der Waals surface area contributed by atoms with Gasteiger partial charge in [0.25, 0.3) is 17.2 Å². The summed E-state index contributed by atoms with van der Waals surface area (Å²) >= 11 is 1.30. The van der Waals surface area contributed by atoms with Crippen molar-refractivity contribution in [1.29, 1.82) is 0 Å². The number of hydrogen-bond acceptors (Lipinski definition) is 6. The van der Waals surface area contributed by atoms with Crippen molar-refractivity contribution in [3.8, 4) is 5.69 Å². The van der Waals surface area contributed by atoms with Crippen LogP contribution in [-0.2, 0) is 11.8 Å². The van der Waals surface area contributed by atoms with Crippen LogP contribution in [0.5, 0.6) is 0 Å². The number of carbonyl (C=O) groups is 2. The highest BCUT2D eigenvalue weighted by Gasteiger charge is 2.26. The number of aromatic nitrogens is 2. The second-order valence-electron chi connectivity index (χ2n) is 9.62. The summed E-state index contributed by atoms with van der Waals surface area (Å²) in [6, 6.07) is 30.9. The number of nitrogens with zero attached hydrogens (tertiary/aromatic N) is 3. The van der Waals surface area contributed by atoms with Crippen molar-refractivity contribution in [1.82, 2.24) is 9.36 Å². The summed E-state index contributed by atoms with van der Waals surface area (Å²) < 4.78 is 3.22. The van der Waals surface area contributed by atoms with Gasteiger partial charge in [0, 0.05) is 35.3 Å². The van der Waals surface area contributed by atoms with Crippen LogP contribution in [0.25, 0.3) is 5.69 Å². The van der Waals surface area contributed by atoms with Gasteiger partial charge in [-0.3, -0.25) is 29.2 Å². The molecule has 0 fully saturated rings. The van der Waals surface area contributed by atoms with E-state index in [1.807, 2.05) is 60.7 Å². The summed E-state index contributed by atoms with van der Waals surface area (Å²) in [5.41, 5.74) is 2.41. The van der Waals surface area contributed by atoms with Crippen molar-refractivity contribution < 1.29 is 14.5 Å². The van der Waals surface area contributed by atoms with Crippen LogP contribution in [0.3, 0.4) is 0 Å². The lowest BCUT2D eigenvalue weighted by Gasteiger charge is -2.17. The zero-order valence-electron chi connectivity index (χ0n) is 23.3. The minimum absolute atomic E-state index is 0.163. The maximum absolute atomic E-state index is 13.7. The van der Waals surface area contributed by atoms with E-state index in [2.05, 4.69) is 10.6 Å². The molecule has 2 N–H and O–H groups in total. The van der Waals surface area contributed by atoms with Crippen LogP contribution in [0.4, 0.5) is 17.1 Å². The van der Waals surface area contributed by atoms with Gasteiger partial charge in [-0.25, -0.2) is 4.68 Å². The molecule has 2 amide bonds. The standard InChI is InChI=1S/C32H27N5O5S/c1-21-28(32(40)36(35(21)2)25-13-7-4-8-14-25)34-31(39)29(22-10-5-3-6-11-22)43-27-18-16-24(17-19-27)33-30(38)23-12-9-15-26(20-23)37(41)42/h3-20,29H,1-2H3,(H,33,38)(H,34,39). The van der Waals surface area contributed by atoms with Gasteiger partial charge in [0.2, 0.25) is 5.91 Å². The number of para-hydroxylation sites is 1. The Hall–Kier alpha value is -5.42. The van der Waals surface area contributed by atoms with Crippen LogP contribution < -0.4 is 16.2 Å². The highest BCUT2D eigenvalue weighted by molar-refractivity contribution is 8.00. The maximum atomic E-state index is 13.7. The van der Waals surface area contributed by atoms with Gasteiger partial charge in [-0.15, -0.1) is 11.8 Å². The Morgan fingerprint density at radius 2 is 1.51 bits per heavy atom. The summed E-state index contributed by atoms with van der Waals surface area (Å²) in [6.45, 7) is 1.78. The molecule has 1 unspecified atom stereocenters. The van der Waals surface area contributed by atoms with E-state index in [-0.39, 0.29) is 28.4 Å². The molecule has 5 aromatic rings. The fourth-order valence-corrected chi connectivity index (χ4v) is 5.54. The molecule has 0 radical (unpaired) electrons. The quantitative estimate of drug-likeness (QED) is 0.120. The molecule has 0 spiro atoms. The van der Waals surface area contributed by atoms with E-state index in [4.69, 9.17) is 0 Å². The number of hydrogen-bond donors (Lipinski definition) is 2. The zero-order valence-corrected chi connectivity index (χ0v) is 24.1. The molecule has 10 nitrogen and oxygen atoms in total. The van der Waals surface area contributed by atoms with Gasteiger partial charge in [-0.1, -0.05) is 54.6 Å². The number of nitro benzene ring substituents is 1. The summed E-state index contributed by atoms with van der Waals surface area (Å²) in [5, 5.41) is 16.0. The number of non-ortho nitro benzene ring substituents is 1. The Labute approximate surface area is 251 Å². The van der Waals surface area contributed by atoms with Gasteiger partial charge >= 0.3 is 0 Å². The third kappa shape index (κ3) is 6.41. The van der Waals surface area contributed by atoms with Crippen LogP contribution in [0.1, 0.15) is 26.9 Å². The van der Waals surface area contributed by atoms with Crippen molar-refractivity contribution >= 4 is 40.6 Å². The fraction of sp³-hybridized carbons (Fsp3) is 0.0938. The Morgan fingerprint density at radius 3 is 2.16 bits per heavy atom. The van der Waals surface area contributed by atoms with Crippen LogP contribution in [-0.4, -0.2) is 26.1 Å². The van der Waals surface area contributed by atoms with Crippen LogP contribution in [0.2, 0.25) is 0 Å². The van der Waals surface area contributed by atoms with Gasteiger partial charge in [0.15, 0.2) is 0 Å². The lowest BCUT2D eigenvalue weighted by molar-refractivity contribution is -0.384. The van der Waals surface area contributed by atoms with E-state index in [0.717, 1.165) is 10.5 Å². The van der Waals surface area contributed by atoms with Gasteiger partial charge in [0.05, 0.1) is 16.3 Å². The summed E-state index contributed by atoms with van der Waals surface area (Å²) in [7, 11) is 1.77. The lowest BCUT2D eigenvalue weighted by atomic mass is 10.1. The minimum atomic E-state index is -0.685. The average molecular weight is 594 g/mol. The smallest absolute Gasteiger partial charge is 0.295 e. The highest BCUT2D eigenvalue weighted by atomic mass is 32.2. The maximum Gasteiger partial charge on any atom is 0.295 e. The lowest BCUT2D eigenvalue weighted by Crippen LogP contribution is -2.25. The van der Waals surface area contributed by atoms with Gasteiger partial charge in [0.1, 0.15) is 10.9 Å². The van der Waals surface area contributed by atoms with Crippen LogP contribution in [0.15, 0.2) is 119 Å².